The number of piperidine rings is 1. The van der Waals surface area contributed by atoms with Gasteiger partial charge < -0.3 is 9.80 Å². The number of likely N-dealkylation sites (tertiary alicyclic amines) is 2. The van der Waals surface area contributed by atoms with Gasteiger partial charge in [-0.2, -0.15) is 0 Å². The first-order valence-electron chi connectivity index (χ1n) is 12.7. The van der Waals surface area contributed by atoms with Crippen LogP contribution in [0, 0.1) is 5.92 Å². The third kappa shape index (κ3) is 3.67. The van der Waals surface area contributed by atoms with Crippen molar-refractivity contribution < 1.29 is 9.59 Å². The van der Waals surface area contributed by atoms with Gasteiger partial charge in [0.25, 0.3) is 5.91 Å². The van der Waals surface area contributed by atoms with E-state index in [2.05, 4.69) is 14.6 Å². The molecule has 6 rings (SSSR count). The lowest BCUT2D eigenvalue weighted by molar-refractivity contribution is -0.136. The van der Waals surface area contributed by atoms with Crippen LogP contribution in [0.15, 0.2) is 54.7 Å². The second-order valence-corrected chi connectivity index (χ2v) is 10.0. The first-order valence-corrected chi connectivity index (χ1v) is 12.7. The summed E-state index contributed by atoms with van der Waals surface area (Å²) in [6, 6.07) is 15.2. The van der Waals surface area contributed by atoms with Crippen molar-refractivity contribution in [1.82, 2.24) is 24.4 Å². The Kier molecular flexibility index (Phi) is 5.55. The van der Waals surface area contributed by atoms with Crippen molar-refractivity contribution in [3.05, 3.63) is 66.1 Å². The highest BCUT2D eigenvalue weighted by Crippen LogP contribution is 2.41. The van der Waals surface area contributed by atoms with E-state index in [1.807, 2.05) is 64.5 Å². The van der Waals surface area contributed by atoms with Gasteiger partial charge in [0.1, 0.15) is 11.9 Å². The van der Waals surface area contributed by atoms with Gasteiger partial charge >= 0.3 is 0 Å². The van der Waals surface area contributed by atoms with Crippen molar-refractivity contribution in [1.29, 1.82) is 0 Å². The molecule has 0 bridgehead atoms. The molecule has 3 unspecified atom stereocenters. The van der Waals surface area contributed by atoms with Gasteiger partial charge in [-0.05, 0) is 62.3 Å². The standard InChI is InChI=1S/C27H31N5O2/c33-26(20-8-2-1-3-9-20)32-22-11-5-4-10-21(22)18-23(32)27(34)30-16-13-19(14-17-30)25-29-28-24-12-6-7-15-31(24)25/h1-3,6-9,12,15,19,21-23H,4-5,10-11,13-14,16-18H2. The molecule has 3 aromatic rings. The van der Waals surface area contributed by atoms with Gasteiger partial charge in [0, 0.05) is 36.8 Å². The summed E-state index contributed by atoms with van der Waals surface area (Å²) in [7, 11) is 0. The Hall–Kier alpha value is -3.22. The molecule has 176 valence electrons. The second kappa shape index (κ2) is 8.85. The molecule has 1 aliphatic carbocycles. The summed E-state index contributed by atoms with van der Waals surface area (Å²) in [5, 5.41) is 8.74. The van der Waals surface area contributed by atoms with E-state index in [4.69, 9.17) is 0 Å². The lowest BCUT2D eigenvalue weighted by Gasteiger charge is -2.37. The van der Waals surface area contributed by atoms with E-state index in [9.17, 15) is 9.59 Å². The van der Waals surface area contributed by atoms with Gasteiger partial charge in [0.2, 0.25) is 5.91 Å². The molecule has 0 spiro atoms. The molecule has 2 amide bonds. The van der Waals surface area contributed by atoms with Gasteiger partial charge in [-0.1, -0.05) is 37.1 Å². The fraction of sp³-hybridized carbons (Fsp3) is 0.481. The molecule has 34 heavy (non-hydrogen) atoms. The van der Waals surface area contributed by atoms with Gasteiger partial charge in [0.15, 0.2) is 5.65 Å². The van der Waals surface area contributed by atoms with Crippen LogP contribution >= 0.6 is 0 Å². The molecule has 1 saturated carbocycles. The van der Waals surface area contributed by atoms with Crippen LogP contribution < -0.4 is 0 Å². The molecule has 4 heterocycles. The number of carbonyl (C=O) groups excluding carboxylic acids is 2. The minimum absolute atomic E-state index is 0.0122. The number of amides is 2. The zero-order valence-corrected chi connectivity index (χ0v) is 19.4. The van der Waals surface area contributed by atoms with E-state index in [1.165, 1.54) is 6.42 Å². The van der Waals surface area contributed by atoms with Gasteiger partial charge in [-0.3, -0.25) is 14.0 Å². The largest absolute Gasteiger partial charge is 0.341 e. The minimum atomic E-state index is -0.341. The van der Waals surface area contributed by atoms with Crippen molar-refractivity contribution in [2.45, 2.75) is 62.9 Å². The molecule has 7 heteroatoms. The fourth-order valence-corrected chi connectivity index (χ4v) is 6.41. The highest BCUT2D eigenvalue weighted by Gasteiger charge is 2.48. The van der Waals surface area contributed by atoms with E-state index >= 15 is 0 Å². The SMILES string of the molecule is O=C(C1CC2CCCCC2N1C(=O)c1ccccc1)N1CCC(c2nnc3ccccn23)CC1. The molecular formula is C27H31N5O2. The molecule has 2 aromatic heterocycles. The summed E-state index contributed by atoms with van der Waals surface area (Å²) in [4.78, 5) is 31.3. The predicted octanol–water partition coefficient (Wildman–Crippen LogP) is 3.91. The average Bonchev–Trinajstić information content (AvgIpc) is 3.50. The topological polar surface area (TPSA) is 70.8 Å². The van der Waals surface area contributed by atoms with Crippen molar-refractivity contribution in [3.63, 3.8) is 0 Å². The summed E-state index contributed by atoms with van der Waals surface area (Å²) in [5.74, 6) is 1.85. The highest BCUT2D eigenvalue weighted by atomic mass is 16.2. The number of hydrogen-bond acceptors (Lipinski definition) is 4. The molecule has 7 nitrogen and oxygen atoms in total. The number of fused-ring (bicyclic) bond motifs is 2. The van der Waals surface area contributed by atoms with Crippen LogP contribution in [0.2, 0.25) is 0 Å². The number of carbonyl (C=O) groups is 2. The van der Waals surface area contributed by atoms with Crippen molar-refractivity contribution >= 4 is 17.5 Å². The summed E-state index contributed by atoms with van der Waals surface area (Å²) >= 11 is 0. The van der Waals surface area contributed by atoms with Crippen LogP contribution in [0.25, 0.3) is 5.65 Å². The van der Waals surface area contributed by atoms with Gasteiger partial charge in [-0.25, -0.2) is 0 Å². The van der Waals surface area contributed by atoms with E-state index in [0.717, 1.165) is 50.0 Å². The van der Waals surface area contributed by atoms with E-state index in [-0.39, 0.29) is 29.8 Å². The molecule has 3 atom stereocenters. The lowest BCUT2D eigenvalue weighted by atomic mass is 9.84. The summed E-state index contributed by atoms with van der Waals surface area (Å²) in [5.41, 5.74) is 1.54. The average molecular weight is 458 g/mol. The molecular weight excluding hydrogens is 426 g/mol. The Balaban J connectivity index is 1.19. The Morgan fingerprint density at radius 3 is 2.44 bits per heavy atom. The maximum atomic E-state index is 13.8. The lowest BCUT2D eigenvalue weighted by Crippen LogP contribution is -2.52. The Morgan fingerprint density at radius 1 is 0.853 bits per heavy atom. The number of rotatable bonds is 3. The van der Waals surface area contributed by atoms with Crippen molar-refractivity contribution in [2.24, 2.45) is 5.92 Å². The molecule has 2 aliphatic heterocycles. The van der Waals surface area contributed by atoms with Gasteiger partial charge in [-0.15, -0.1) is 10.2 Å². The molecule has 3 aliphatic rings. The van der Waals surface area contributed by atoms with Crippen LogP contribution in [-0.2, 0) is 4.79 Å². The number of aromatic nitrogens is 3. The monoisotopic (exact) mass is 457 g/mol. The first kappa shape index (κ1) is 21.3. The number of benzene rings is 1. The van der Waals surface area contributed by atoms with Crippen LogP contribution in [0.1, 0.15) is 67.0 Å². The number of hydrogen-bond donors (Lipinski definition) is 0. The molecule has 0 N–H and O–H groups in total. The van der Waals surface area contributed by atoms with Crippen LogP contribution in [0.4, 0.5) is 0 Å². The molecule has 2 saturated heterocycles. The van der Waals surface area contributed by atoms with E-state index in [0.29, 0.717) is 24.6 Å². The zero-order chi connectivity index (χ0) is 23.1. The highest BCUT2D eigenvalue weighted by molar-refractivity contribution is 5.98. The zero-order valence-electron chi connectivity index (χ0n) is 19.4. The smallest absolute Gasteiger partial charge is 0.254 e. The van der Waals surface area contributed by atoms with Crippen LogP contribution in [-0.4, -0.2) is 61.4 Å². The maximum absolute atomic E-state index is 13.8. The van der Waals surface area contributed by atoms with E-state index in [1.54, 1.807) is 0 Å². The maximum Gasteiger partial charge on any atom is 0.254 e. The molecule has 0 radical (unpaired) electrons. The summed E-state index contributed by atoms with van der Waals surface area (Å²) in [6.07, 6.45) is 9.02. The number of pyridine rings is 1. The normalized spacial score (nSPS) is 25.5. The van der Waals surface area contributed by atoms with E-state index < -0.39 is 0 Å². The van der Waals surface area contributed by atoms with Crippen molar-refractivity contribution in [2.75, 3.05) is 13.1 Å². The Labute approximate surface area is 199 Å². The fourth-order valence-electron chi connectivity index (χ4n) is 6.41. The molecule has 3 fully saturated rings. The Morgan fingerprint density at radius 2 is 1.62 bits per heavy atom. The number of nitrogens with zero attached hydrogens (tertiary/aromatic N) is 5. The Bertz CT molecular complexity index is 1180. The third-order valence-corrected chi connectivity index (χ3v) is 8.14. The quantitative estimate of drug-likeness (QED) is 0.598. The van der Waals surface area contributed by atoms with Gasteiger partial charge in [0.05, 0.1) is 0 Å². The third-order valence-electron chi connectivity index (χ3n) is 8.14. The second-order valence-electron chi connectivity index (χ2n) is 10.0. The van der Waals surface area contributed by atoms with Crippen molar-refractivity contribution in [3.8, 4) is 0 Å². The molecule has 1 aromatic carbocycles. The minimum Gasteiger partial charge on any atom is -0.341 e. The first-order chi connectivity index (χ1) is 16.7. The summed E-state index contributed by atoms with van der Waals surface area (Å²) in [6.45, 7) is 1.40. The van der Waals surface area contributed by atoms with Crippen LogP contribution in [0.5, 0.6) is 0 Å². The van der Waals surface area contributed by atoms with Crippen LogP contribution in [0.3, 0.4) is 0 Å². The predicted molar refractivity (Wildman–Crippen MR) is 128 cm³/mol. The summed E-state index contributed by atoms with van der Waals surface area (Å²) < 4.78 is 2.06.